The van der Waals surface area contributed by atoms with Crippen molar-refractivity contribution in [1.82, 2.24) is 5.32 Å². The van der Waals surface area contributed by atoms with E-state index < -0.39 is 0 Å². The zero-order valence-corrected chi connectivity index (χ0v) is 11.8. The summed E-state index contributed by atoms with van der Waals surface area (Å²) in [5.41, 5.74) is 1.16. The van der Waals surface area contributed by atoms with E-state index in [0.717, 1.165) is 24.8 Å². The van der Waals surface area contributed by atoms with E-state index in [9.17, 15) is 10.1 Å². The Balaban J connectivity index is 1.79. The Labute approximate surface area is 121 Å². The Kier molecular flexibility index (Phi) is 5.61. The standard InChI is InChI=1S/C17H22N2O/c18-13-16(15-9-5-2-6-10-15)19-17(20)12-11-14-7-3-1-4-8-14/h1,3-4,7-8,15-16H,2,5-6,9-12H2,(H,19,20). The molecule has 1 amide bonds. The lowest BCUT2D eigenvalue weighted by molar-refractivity contribution is -0.121. The predicted octanol–water partition coefficient (Wildman–Crippen LogP) is 3.21. The molecule has 0 spiro atoms. The van der Waals surface area contributed by atoms with Gasteiger partial charge in [0.1, 0.15) is 6.04 Å². The lowest BCUT2D eigenvalue weighted by atomic mass is 9.84. The normalized spacial score (nSPS) is 17.1. The van der Waals surface area contributed by atoms with Crippen molar-refractivity contribution in [1.29, 1.82) is 5.26 Å². The molecule has 0 radical (unpaired) electrons. The van der Waals surface area contributed by atoms with Crippen molar-refractivity contribution in [2.24, 2.45) is 5.92 Å². The first-order valence-corrected chi connectivity index (χ1v) is 7.52. The summed E-state index contributed by atoms with van der Waals surface area (Å²) in [4.78, 5) is 12.0. The van der Waals surface area contributed by atoms with Crippen LogP contribution in [0, 0.1) is 17.2 Å². The van der Waals surface area contributed by atoms with E-state index in [1.165, 1.54) is 19.3 Å². The van der Waals surface area contributed by atoms with Crippen LogP contribution < -0.4 is 5.32 Å². The van der Waals surface area contributed by atoms with Gasteiger partial charge in [-0.05, 0) is 30.7 Å². The molecule has 1 saturated carbocycles. The van der Waals surface area contributed by atoms with Gasteiger partial charge in [-0.3, -0.25) is 4.79 Å². The molecule has 3 heteroatoms. The van der Waals surface area contributed by atoms with Crippen molar-refractivity contribution in [3.05, 3.63) is 35.9 Å². The van der Waals surface area contributed by atoms with Crippen LogP contribution in [-0.4, -0.2) is 11.9 Å². The number of nitrogens with one attached hydrogen (secondary N) is 1. The van der Waals surface area contributed by atoms with Crippen LogP contribution in [0.1, 0.15) is 44.1 Å². The molecule has 0 heterocycles. The topological polar surface area (TPSA) is 52.9 Å². The number of nitrogens with zero attached hydrogens (tertiary/aromatic N) is 1. The van der Waals surface area contributed by atoms with E-state index in [-0.39, 0.29) is 11.9 Å². The predicted molar refractivity (Wildman–Crippen MR) is 78.9 cm³/mol. The summed E-state index contributed by atoms with van der Waals surface area (Å²) < 4.78 is 0. The minimum absolute atomic E-state index is 0.00836. The SMILES string of the molecule is N#CC(NC(=O)CCc1ccccc1)C1CCCCC1. The van der Waals surface area contributed by atoms with Gasteiger partial charge in [0.2, 0.25) is 5.91 Å². The molecule has 1 aliphatic rings. The van der Waals surface area contributed by atoms with Crippen LogP contribution in [0.3, 0.4) is 0 Å². The Bertz CT molecular complexity index is 458. The maximum atomic E-state index is 12.0. The van der Waals surface area contributed by atoms with Crippen molar-refractivity contribution >= 4 is 5.91 Å². The van der Waals surface area contributed by atoms with E-state index in [4.69, 9.17) is 0 Å². The Morgan fingerprint density at radius 2 is 1.95 bits per heavy atom. The summed E-state index contributed by atoms with van der Waals surface area (Å²) in [7, 11) is 0. The molecule has 3 nitrogen and oxygen atoms in total. The summed E-state index contributed by atoms with van der Waals surface area (Å²) in [6.45, 7) is 0. The van der Waals surface area contributed by atoms with Crippen molar-refractivity contribution < 1.29 is 4.79 Å². The van der Waals surface area contributed by atoms with Crippen LogP contribution in [0.4, 0.5) is 0 Å². The van der Waals surface area contributed by atoms with Gasteiger partial charge in [-0.25, -0.2) is 0 Å². The van der Waals surface area contributed by atoms with E-state index in [2.05, 4.69) is 11.4 Å². The highest BCUT2D eigenvalue weighted by Crippen LogP contribution is 2.26. The van der Waals surface area contributed by atoms with Crippen molar-refractivity contribution in [2.75, 3.05) is 0 Å². The number of aryl methyl sites for hydroxylation is 1. The smallest absolute Gasteiger partial charge is 0.221 e. The van der Waals surface area contributed by atoms with Gasteiger partial charge in [0.05, 0.1) is 6.07 Å². The summed E-state index contributed by atoms with van der Waals surface area (Å²) >= 11 is 0. The van der Waals surface area contributed by atoms with Crippen LogP contribution in [0.5, 0.6) is 0 Å². The van der Waals surface area contributed by atoms with Gasteiger partial charge in [-0.2, -0.15) is 5.26 Å². The molecule has 1 aromatic rings. The average Bonchev–Trinajstić information content (AvgIpc) is 2.52. The molecule has 20 heavy (non-hydrogen) atoms. The number of carbonyl (C=O) groups is 1. The molecule has 0 bridgehead atoms. The fourth-order valence-corrected chi connectivity index (χ4v) is 2.87. The van der Waals surface area contributed by atoms with E-state index in [1.54, 1.807) is 0 Å². The van der Waals surface area contributed by atoms with Gasteiger partial charge in [0, 0.05) is 6.42 Å². The summed E-state index contributed by atoms with van der Waals surface area (Å²) in [6, 6.07) is 11.9. The highest BCUT2D eigenvalue weighted by molar-refractivity contribution is 5.76. The number of rotatable bonds is 5. The third-order valence-corrected chi connectivity index (χ3v) is 4.06. The van der Waals surface area contributed by atoms with Gasteiger partial charge >= 0.3 is 0 Å². The third kappa shape index (κ3) is 4.38. The molecule has 2 rings (SSSR count). The fraction of sp³-hybridized carbons (Fsp3) is 0.529. The lowest BCUT2D eigenvalue weighted by Crippen LogP contribution is -2.40. The number of hydrogen-bond donors (Lipinski definition) is 1. The van der Waals surface area contributed by atoms with Crippen molar-refractivity contribution in [3.63, 3.8) is 0 Å². The van der Waals surface area contributed by atoms with Gasteiger partial charge in [0.15, 0.2) is 0 Å². The molecule has 1 aromatic carbocycles. The van der Waals surface area contributed by atoms with Crippen molar-refractivity contribution in [2.45, 2.75) is 51.0 Å². The Hall–Kier alpha value is -1.82. The molecule has 1 atom stereocenters. The zero-order valence-electron chi connectivity index (χ0n) is 11.8. The molecule has 1 N–H and O–H groups in total. The number of amides is 1. The van der Waals surface area contributed by atoms with Crippen LogP contribution in [0.2, 0.25) is 0 Å². The maximum Gasteiger partial charge on any atom is 0.221 e. The Morgan fingerprint density at radius 3 is 2.60 bits per heavy atom. The summed E-state index contributed by atoms with van der Waals surface area (Å²) in [5, 5.41) is 12.2. The van der Waals surface area contributed by atoms with Crippen LogP contribution >= 0.6 is 0 Å². The first-order valence-electron chi connectivity index (χ1n) is 7.52. The molecule has 0 aliphatic heterocycles. The minimum atomic E-state index is -0.307. The monoisotopic (exact) mass is 270 g/mol. The highest BCUT2D eigenvalue weighted by Gasteiger charge is 2.24. The number of carbonyl (C=O) groups excluding carboxylic acids is 1. The Morgan fingerprint density at radius 1 is 1.25 bits per heavy atom. The first-order chi connectivity index (χ1) is 9.79. The zero-order chi connectivity index (χ0) is 14.2. The molecular formula is C17H22N2O. The van der Waals surface area contributed by atoms with Gasteiger partial charge in [0.25, 0.3) is 0 Å². The lowest BCUT2D eigenvalue weighted by Gasteiger charge is -2.26. The number of hydrogen-bond acceptors (Lipinski definition) is 2. The second-order valence-corrected chi connectivity index (χ2v) is 5.56. The third-order valence-electron chi connectivity index (χ3n) is 4.06. The van der Waals surface area contributed by atoms with Gasteiger partial charge < -0.3 is 5.32 Å². The second kappa shape index (κ2) is 7.69. The first kappa shape index (κ1) is 14.6. The largest absolute Gasteiger partial charge is 0.340 e. The highest BCUT2D eigenvalue weighted by atomic mass is 16.1. The number of benzene rings is 1. The quantitative estimate of drug-likeness (QED) is 0.893. The van der Waals surface area contributed by atoms with Crippen LogP contribution in [0.25, 0.3) is 0 Å². The molecule has 0 aromatic heterocycles. The van der Waals surface area contributed by atoms with E-state index in [0.29, 0.717) is 12.3 Å². The van der Waals surface area contributed by atoms with Crippen LogP contribution in [0.15, 0.2) is 30.3 Å². The molecular weight excluding hydrogens is 248 g/mol. The van der Waals surface area contributed by atoms with E-state index in [1.807, 2.05) is 30.3 Å². The maximum absolute atomic E-state index is 12.0. The molecule has 1 aliphatic carbocycles. The minimum Gasteiger partial charge on any atom is -0.340 e. The summed E-state index contributed by atoms with van der Waals surface area (Å²) in [6.07, 6.45) is 6.95. The van der Waals surface area contributed by atoms with Gasteiger partial charge in [-0.15, -0.1) is 0 Å². The van der Waals surface area contributed by atoms with Crippen LogP contribution in [-0.2, 0) is 11.2 Å². The average molecular weight is 270 g/mol. The van der Waals surface area contributed by atoms with Crippen molar-refractivity contribution in [3.8, 4) is 6.07 Å². The fourth-order valence-electron chi connectivity index (χ4n) is 2.87. The molecule has 1 fully saturated rings. The molecule has 0 saturated heterocycles. The molecule has 1 unspecified atom stereocenters. The van der Waals surface area contributed by atoms with Gasteiger partial charge in [-0.1, -0.05) is 49.6 Å². The summed E-state index contributed by atoms with van der Waals surface area (Å²) in [5.74, 6) is 0.334. The molecule has 106 valence electrons. The van der Waals surface area contributed by atoms with E-state index >= 15 is 0 Å². The number of nitriles is 1. The second-order valence-electron chi connectivity index (χ2n) is 5.56.